The van der Waals surface area contributed by atoms with Gasteiger partial charge in [-0.25, -0.2) is 0 Å². The first-order valence-corrected chi connectivity index (χ1v) is 9.42. The quantitative estimate of drug-likeness (QED) is 0.476. The van der Waals surface area contributed by atoms with E-state index in [0.29, 0.717) is 8.20 Å². The monoisotopic (exact) mass is 386 g/mol. The van der Waals surface area contributed by atoms with Crippen LogP contribution in [0.25, 0.3) is 0 Å². The number of hydrogen-bond donors (Lipinski definition) is 0. The van der Waals surface area contributed by atoms with Crippen LogP contribution in [0, 0.1) is 0 Å². The lowest BCUT2D eigenvalue weighted by atomic mass is 9.75. The van der Waals surface area contributed by atoms with E-state index in [1.807, 2.05) is 0 Å². The molecule has 0 bridgehead atoms. The van der Waals surface area contributed by atoms with Gasteiger partial charge in [0.15, 0.2) is 4.46 Å². The summed E-state index contributed by atoms with van der Waals surface area (Å²) in [6.45, 7) is 19.9. The first-order chi connectivity index (χ1) is 9.64. The van der Waals surface area contributed by atoms with Crippen molar-refractivity contribution in [2.45, 2.75) is 78.6 Å². The molecule has 0 aliphatic carbocycles. The topological polar surface area (TPSA) is 0 Å². The van der Waals surface area contributed by atoms with Gasteiger partial charge in [-0.2, -0.15) is 4.39 Å². The van der Waals surface area contributed by atoms with Crippen LogP contribution in [0.2, 0.25) is 0 Å². The first-order valence-electron chi connectivity index (χ1n) is 7.73. The van der Waals surface area contributed by atoms with Gasteiger partial charge in [-0.15, -0.1) is 0 Å². The number of halogens is 2. The highest BCUT2D eigenvalue weighted by molar-refractivity contribution is 9.19. The third-order valence-electron chi connectivity index (χ3n) is 3.79. The van der Waals surface area contributed by atoms with E-state index in [9.17, 15) is 4.39 Å². The smallest absolute Gasteiger partial charge is 0.192 e. The fraction of sp³-hybridized carbons (Fsp3) is 0.632. The van der Waals surface area contributed by atoms with Crippen molar-refractivity contribution < 1.29 is 4.39 Å². The molecule has 0 fully saturated rings. The standard InChI is InChI=1S/C19H29BrFP/c1-17(2,3)12-10-13(18(4,5)6)15(22-16(20)21)14(11-12)19(7,8)9/h10-11H,1-9H3. The predicted octanol–water partition coefficient (Wildman–Crippen LogP) is 6.60. The molecule has 1 aromatic carbocycles. The highest BCUT2D eigenvalue weighted by Crippen LogP contribution is 2.35. The molecule has 0 N–H and O–H groups in total. The molecule has 0 saturated heterocycles. The van der Waals surface area contributed by atoms with E-state index in [0.717, 1.165) is 5.30 Å². The average molecular weight is 387 g/mol. The highest BCUT2D eigenvalue weighted by Gasteiger charge is 2.28. The first kappa shape index (κ1) is 19.8. The van der Waals surface area contributed by atoms with Crippen LogP contribution in [-0.4, -0.2) is 4.46 Å². The van der Waals surface area contributed by atoms with Crippen LogP contribution >= 0.6 is 24.1 Å². The molecule has 0 nitrogen and oxygen atoms in total. The Morgan fingerprint density at radius 2 is 1.18 bits per heavy atom. The minimum atomic E-state index is -0.230. The SMILES string of the molecule is CC(C)(C)c1cc(C(C)(C)C)c(P=C(F)Br)c(C(C)(C)C)c1. The number of hydrogen-bond acceptors (Lipinski definition) is 0. The molecule has 0 amide bonds. The highest BCUT2D eigenvalue weighted by atomic mass is 79.9. The Bertz CT molecular complexity index is 542. The molecule has 0 aliphatic rings. The maximum Gasteiger partial charge on any atom is 0.192 e. The zero-order valence-electron chi connectivity index (χ0n) is 15.4. The predicted molar refractivity (Wildman–Crippen MR) is 104 cm³/mol. The van der Waals surface area contributed by atoms with Gasteiger partial charge >= 0.3 is 0 Å². The van der Waals surface area contributed by atoms with Gasteiger partial charge in [0.2, 0.25) is 0 Å². The Kier molecular flexibility index (Phi) is 5.74. The maximum absolute atomic E-state index is 13.7. The van der Waals surface area contributed by atoms with E-state index in [2.05, 4.69) is 90.4 Å². The molecule has 0 spiro atoms. The summed E-state index contributed by atoms with van der Waals surface area (Å²) in [7, 11) is 0.622. The third kappa shape index (κ3) is 4.90. The lowest BCUT2D eigenvalue weighted by Crippen LogP contribution is -2.29. The van der Waals surface area contributed by atoms with Gasteiger partial charge in [0.05, 0.1) is 0 Å². The van der Waals surface area contributed by atoms with Crippen molar-refractivity contribution in [3.05, 3.63) is 28.8 Å². The Morgan fingerprint density at radius 3 is 1.41 bits per heavy atom. The Labute approximate surface area is 145 Å². The summed E-state index contributed by atoms with van der Waals surface area (Å²) in [5, 5.41) is 1.10. The van der Waals surface area contributed by atoms with Crippen LogP contribution in [-0.2, 0) is 16.2 Å². The largest absolute Gasteiger partial charge is 0.194 e. The number of benzene rings is 1. The molecule has 3 heteroatoms. The average Bonchev–Trinajstić information content (AvgIpc) is 2.23. The molecule has 0 radical (unpaired) electrons. The van der Waals surface area contributed by atoms with E-state index >= 15 is 0 Å². The summed E-state index contributed by atoms with van der Waals surface area (Å²) < 4.78 is 13.4. The van der Waals surface area contributed by atoms with Crippen LogP contribution in [0.3, 0.4) is 0 Å². The van der Waals surface area contributed by atoms with Crippen LogP contribution in [0.5, 0.6) is 0 Å². The molecule has 0 saturated carbocycles. The molecular weight excluding hydrogens is 358 g/mol. The van der Waals surface area contributed by atoms with Crippen LogP contribution in [0.4, 0.5) is 4.39 Å². The van der Waals surface area contributed by atoms with Gasteiger partial charge in [0.25, 0.3) is 0 Å². The molecule has 22 heavy (non-hydrogen) atoms. The second-order valence-electron chi connectivity index (χ2n) is 9.02. The van der Waals surface area contributed by atoms with Crippen molar-refractivity contribution in [3.8, 4) is 0 Å². The summed E-state index contributed by atoms with van der Waals surface area (Å²) in [5.74, 6) is 0. The normalized spacial score (nSPS) is 14.4. The summed E-state index contributed by atoms with van der Waals surface area (Å²) in [6, 6.07) is 4.54. The van der Waals surface area contributed by atoms with Crippen molar-refractivity contribution in [1.82, 2.24) is 0 Å². The second kappa shape index (κ2) is 6.36. The van der Waals surface area contributed by atoms with E-state index in [1.54, 1.807) is 0 Å². The zero-order valence-corrected chi connectivity index (χ0v) is 17.8. The summed E-state index contributed by atoms with van der Waals surface area (Å²) in [4.78, 5) is 0. The fourth-order valence-electron chi connectivity index (χ4n) is 2.42. The van der Waals surface area contributed by atoms with Crippen molar-refractivity contribution >= 4 is 33.9 Å². The van der Waals surface area contributed by atoms with Gasteiger partial charge in [-0.05, 0) is 57.1 Å². The Morgan fingerprint density at radius 1 is 0.818 bits per heavy atom. The van der Waals surface area contributed by atoms with Crippen molar-refractivity contribution in [2.24, 2.45) is 0 Å². The van der Waals surface area contributed by atoms with E-state index in [-0.39, 0.29) is 20.7 Å². The summed E-state index contributed by atoms with van der Waals surface area (Å²) in [6.07, 6.45) is 0. The Balaban J connectivity index is 3.91. The zero-order chi connectivity index (χ0) is 17.5. The van der Waals surface area contributed by atoms with Crippen molar-refractivity contribution in [2.75, 3.05) is 0 Å². The molecule has 0 aromatic heterocycles. The van der Waals surface area contributed by atoms with Crippen LogP contribution in [0.1, 0.15) is 79.0 Å². The van der Waals surface area contributed by atoms with E-state index in [4.69, 9.17) is 0 Å². The molecule has 1 aromatic rings. The molecule has 0 unspecified atom stereocenters. The van der Waals surface area contributed by atoms with Crippen LogP contribution in [0.15, 0.2) is 12.1 Å². The lowest BCUT2D eigenvalue weighted by Gasteiger charge is -2.32. The molecular formula is C19H29BrFP. The maximum atomic E-state index is 13.7. The van der Waals surface area contributed by atoms with Crippen LogP contribution < -0.4 is 5.30 Å². The summed E-state index contributed by atoms with van der Waals surface area (Å²) >= 11 is 3.01. The van der Waals surface area contributed by atoms with Crippen molar-refractivity contribution in [1.29, 1.82) is 0 Å². The van der Waals surface area contributed by atoms with Gasteiger partial charge in [0.1, 0.15) is 0 Å². The second-order valence-corrected chi connectivity index (χ2v) is 11.4. The Hall–Kier alpha value is -0.200. The van der Waals surface area contributed by atoms with Crippen molar-refractivity contribution in [3.63, 3.8) is 0 Å². The minimum Gasteiger partial charge on any atom is -0.194 e. The fourth-order valence-corrected chi connectivity index (χ4v) is 4.16. The summed E-state index contributed by atoms with van der Waals surface area (Å²) in [5.41, 5.74) is 3.82. The number of rotatable bonds is 1. The van der Waals surface area contributed by atoms with E-state index < -0.39 is 0 Å². The van der Waals surface area contributed by atoms with Gasteiger partial charge in [-0.3, -0.25) is 0 Å². The van der Waals surface area contributed by atoms with E-state index in [1.165, 1.54) is 16.7 Å². The molecule has 0 atom stereocenters. The van der Waals surface area contributed by atoms with Gasteiger partial charge in [0, 0.05) is 5.30 Å². The van der Waals surface area contributed by atoms with Gasteiger partial charge < -0.3 is 0 Å². The molecule has 124 valence electrons. The van der Waals surface area contributed by atoms with Gasteiger partial charge in [-0.1, -0.05) is 74.4 Å². The minimum absolute atomic E-state index is 0.0218. The molecule has 0 aliphatic heterocycles. The molecule has 0 heterocycles. The molecule has 1 rings (SSSR count). The lowest BCUT2D eigenvalue weighted by molar-refractivity contribution is 0.554. The third-order valence-corrected chi connectivity index (χ3v) is 5.19.